The van der Waals surface area contributed by atoms with Gasteiger partial charge < -0.3 is 5.11 Å². The lowest BCUT2D eigenvalue weighted by molar-refractivity contribution is 0.0669. The minimum atomic E-state index is -3.67. The lowest BCUT2D eigenvalue weighted by Gasteiger charge is -2.37. The fourth-order valence-corrected chi connectivity index (χ4v) is 4.38. The molecule has 2 N–H and O–H groups in total. The first-order chi connectivity index (χ1) is 13.6. The molecule has 2 atom stereocenters. The van der Waals surface area contributed by atoms with E-state index in [0.717, 1.165) is 9.87 Å². The Morgan fingerprint density at radius 1 is 1.24 bits per heavy atom. The highest BCUT2D eigenvalue weighted by Crippen LogP contribution is 2.38. The van der Waals surface area contributed by atoms with Crippen LogP contribution in [-0.4, -0.2) is 47.8 Å². The van der Waals surface area contributed by atoms with Crippen molar-refractivity contribution in [3.05, 3.63) is 59.2 Å². The van der Waals surface area contributed by atoms with Crippen molar-refractivity contribution in [3.8, 4) is 0 Å². The smallest absolute Gasteiger partial charge is 0.301 e. The lowest BCUT2D eigenvalue weighted by Crippen LogP contribution is -2.44. The van der Waals surface area contributed by atoms with Crippen molar-refractivity contribution in [3.63, 3.8) is 0 Å². The summed E-state index contributed by atoms with van der Waals surface area (Å²) in [5.74, 6) is 0. The van der Waals surface area contributed by atoms with Crippen molar-refractivity contribution in [1.82, 2.24) is 14.1 Å². The second-order valence-corrected chi connectivity index (χ2v) is 9.47. The number of aromatic nitrogens is 2. The number of hydrogen-bond acceptors (Lipinski definition) is 4. The summed E-state index contributed by atoms with van der Waals surface area (Å²) in [6, 6.07) is 12.6. The van der Waals surface area contributed by atoms with Gasteiger partial charge in [0.25, 0.3) is 0 Å². The van der Waals surface area contributed by atoms with E-state index in [1.807, 2.05) is 25.1 Å². The third-order valence-corrected chi connectivity index (χ3v) is 6.98. The van der Waals surface area contributed by atoms with Crippen LogP contribution < -0.4 is 4.72 Å². The van der Waals surface area contributed by atoms with E-state index in [1.165, 1.54) is 14.1 Å². The Morgan fingerprint density at radius 3 is 2.45 bits per heavy atom. The van der Waals surface area contributed by atoms with E-state index in [-0.39, 0.29) is 0 Å². The van der Waals surface area contributed by atoms with Crippen LogP contribution in [0.25, 0.3) is 10.9 Å². The van der Waals surface area contributed by atoms with Crippen molar-refractivity contribution < 1.29 is 13.5 Å². The predicted molar refractivity (Wildman–Crippen MR) is 116 cm³/mol. The van der Waals surface area contributed by atoms with Gasteiger partial charge in [-0.25, -0.2) is 0 Å². The topological polar surface area (TPSA) is 87.5 Å². The maximum atomic E-state index is 12.3. The molecule has 0 aliphatic rings. The van der Waals surface area contributed by atoms with Gasteiger partial charge >= 0.3 is 10.2 Å². The van der Waals surface area contributed by atoms with Gasteiger partial charge in [0.1, 0.15) is 5.54 Å². The number of benzene rings is 2. The number of aliphatic hydroxyl groups excluding tert-OH is 1. The average Bonchev–Trinajstić information content (AvgIpc) is 3.09. The Bertz CT molecular complexity index is 1110. The number of halogens is 1. The first-order valence-corrected chi connectivity index (χ1v) is 11.1. The van der Waals surface area contributed by atoms with Crippen molar-refractivity contribution in [1.29, 1.82) is 0 Å². The molecular formula is C20H25ClN4O3S. The third kappa shape index (κ3) is 3.73. The van der Waals surface area contributed by atoms with Crippen LogP contribution >= 0.6 is 11.6 Å². The Kier molecular flexibility index (Phi) is 5.91. The van der Waals surface area contributed by atoms with Gasteiger partial charge in [0.05, 0.1) is 23.5 Å². The first kappa shape index (κ1) is 21.6. The molecule has 29 heavy (non-hydrogen) atoms. The number of hydrogen-bond donors (Lipinski definition) is 2. The van der Waals surface area contributed by atoms with E-state index in [9.17, 15) is 13.5 Å². The van der Waals surface area contributed by atoms with Crippen LogP contribution in [0.4, 0.5) is 5.69 Å². The fourth-order valence-electron chi connectivity index (χ4n) is 3.62. The number of nitrogens with zero attached hydrogens (tertiary/aromatic N) is 3. The van der Waals surface area contributed by atoms with E-state index in [2.05, 4.69) is 9.82 Å². The van der Waals surface area contributed by atoms with Crippen molar-refractivity contribution in [2.45, 2.75) is 31.9 Å². The van der Waals surface area contributed by atoms with Crippen LogP contribution in [0.2, 0.25) is 5.02 Å². The second kappa shape index (κ2) is 7.95. The summed E-state index contributed by atoms with van der Waals surface area (Å²) < 4.78 is 30.1. The van der Waals surface area contributed by atoms with Crippen molar-refractivity contribution in [2.24, 2.45) is 0 Å². The molecule has 7 nitrogen and oxygen atoms in total. The molecule has 1 heterocycles. The number of fused-ring (bicyclic) bond motifs is 1. The number of anilines is 1. The Labute approximate surface area is 176 Å². The molecule has 1 aromatic heterocycles. The quantitative estimate of drug-likeness (QED) is 0.593. The third-order valence-electron chi connectivity index (χ3n) is 5.29. The fraction of sp³-hybridized carbons (Fsp3) is 0.350. The van der Waals surface area contributed by atoms with E-state index >= 15 is 0 Å². The summed E-state index contributed by atoms with van der Waals surface area (Å²) in [6.07, 6.45) is 1.42. The molecule has 0 saturated carbocycles. The van der Waals surface area contributed by atoms with Crippen molar-refractivity contribution >= 4 is 38.4 Å². The number of nitrogens with one attached hydrogen (secondary N) is 1. The molecular weight excluding hydrogens is 412 g/mol. The molecule has 3 rings (SSSR count). The van der Waals surface area contributed by atoms with E-state index in [4.69, 9.17) is 11.6 Å². The summed E-state index contributed by atoms with van der Waals surface area (Å²) in [5, 5.41) is 16.7. The average molecular weight is 437 g/mol. The second-order valence-electron chi connectivity index (χ2n) is 7.14. The van der Waals surface area contributed by atoms with E-state index in [1.54, 1.807) is 42.1 Å². The van der Waals surface area contributed by atoms with Gasteiger partial charge in [0.2, 0.25) is 0 Å². The summed E-state index contributed by atoms with van der Waals surface area (Å²) in [5.41, 5.74) is 1.16. The standard InChI is InChI=1S/C20H25ClN4O3S/c1-5-20(14(2)26,15-9-11-16(21)12-10-15)25-19-8-6-7-18(17(19)13-22-25)23-29(27,28)24(3)4/h6-14,23,26H,5H2,1-4H3. The molecule has 0 saturated heterocycles. The number of rotatable bonds is 7. The van der Waals surface area contributed by atoms with Gasteiger partial charge in [0.15, 0.2) is 0 Å². The minimum absolute atomic E-state index is 0.425. The van der Waals surface area contributed by atoms with Gasteiger partial charge in [-0.05, 0) is 43.2 Å². The normalized spacial score (nSPS) is 15.4. The van der Waals surface area contributed by atoms with Gasteiger partial charge in [0, 0.05) is 24.5 Å². The molecule has 156 valence electrons. The van der Waals surface area contributed by atoms with Crippen LogP contribution in [0.15, 0.2) is 48.7 Å². The molecule has 9 heteroatoms. The highest BCUT2D eigenvalue weighted by Gasteiger charge is 2.39. The SMILES string of the molecule is CCC(c1ccc(Cl)cc1)(C(C)O)n1ncc2c(NS(=O)(=O)N(C)C)cccc21. The summed E-state index contributed by atoms with van der Waals surface area (Å²) >= 11 is 6.06. The molecule has 2 unspecified atom stereocenters. The van der Waals surface area contributed by atoms with E-state index < -0.39 is 21.9 Å². The monoisotopic (exact) mass is 436 g/mol. The Morgan fingerprint density at radius 2 is 1.90 bits per heavy atom. The molecule has 2 aromatic carbocycles. The first-order valence-electron chi connectivity index (χ1n) is 9.25. The van der Waals surface area contributed by atoms with Crippen LogP contribution in [-0.2, 0) is 15.7 Å². The molecule has 0 amide bonds. The highest BCUT2D eigenvalue weighted by atomic mass is 35.5. The van der Waals surface area contributed by atoms with Crippen LogP contribution in [0.3, 0.4) is 0 Å². The minimum Gasteiger partial charge on any atom is -0.391 e. The maximum absolute atomic E-state index is 12.3. The molecule has 0 radical (unpaired) electrons. The van der Waals surface area contributed by atoms with Gasteiger partial charge in [-0.15, -0.1) is 0 Å². The zero-order chi connectivity index (χ0) is 21.4. The highest BCUT2D eigenvalue weighted by molar-refractivity contribution is 7.90. The van der Waals surface area contributed by atoms with Crippen LogP contribution in [0.5, 0.6) is 0 Å². The summed E-state index contributed by atoms with van der Waals surface area (Å²) in [6.45, 7) is 3.71. The molecule has 0 aliphatic carbocycles. The molecule has 0 aliphatic heterocycles. The van der Waals surface area contributed by atoms with Gasteiger partial charge in [-0.3, -0.25) is 9.40 Å². The lowest BCUT2D eigenvalue weighted by atomic mass is 9.82. The molecule has 3 aromatic rings. The largest absolute Gasteiger partial charge is 0.391 e. The van der Waals surface area contributed by atoms with Crippen molar-refractivity contribution in [2.75, 3.05) is 18.8 Å². The summed E-state index contributed by atoms with van der Waals surface area (Å²) in [7, 11) is -0.745. The molecule has 0 fully saturated rings. The zero-order valence-corrected chi connectivity index (χ0v) is 18.4. The van der Waals surface area contributed by atoms with Gasteiger partial charge in [-0.2, -0.15) is 17.8 Å². The predicted octanol–water partition coefficient (Wildman–Crippen LogP) is 3.44. The molecule has 0 spiro atoms. The Hall–Kier alpha value is -2.13. The number of aliphatic hydroxyl groups is 1. The maximum Gasteiger partial charge on any atom is 0.301 e. The Balaban J connectivity index is 2.22. The van der Waals surface area contributed by atoms with Crippen LogP contribution in [0.1, 0.15) is 25.8 Å². The van der Waals surface area contributed by atoms with Crippen LogP contribution in [0, 0.1) is 0 Å². The molecule has 0 bridgehead atoms. The summed E-state index contributed by atoms with van der Waals surface area (Å²) in [4.78, 5) is 0. The zero-order valence-electron chi connectivity index (χ0n) is 16.8. The van der Waals surface area contributed by atoms with E-state index in [0.29, 0.717) is 28.0 Å². The van der Waals surface area contributed by atoms with Gasteiger partial charge in [-0.1, -0.05) is 36.7 Å².